The standard InChI is InChI=1S/C18H21NO3/c1-19(15-7-5-4-6-8-15)18(20)12-10-14-9-11-16(21-2)17(13-14)22-3/h4-9,11,13H,10,12H2,1-3H3. The zero-order valence-electron chi connectivity index (χ0n) is 13.2. The van der Waals surface area contributed by atoms with Crippen molar-refractivity contribution in [3.63, 3.8) is 0 Å². The third-order valence-electron chi connectivity index (χ3n) is 3.59. The van der Waals surface area contributed by atoms with Gasteiger partial charge in [0.05, 0.1) is 14.2 Å². The molecular weight excluding hydrogens is 278 g/mol. The monoisotopic (exact) mass is 299 g/mol. The van der Waals surface area contributed by atoms with E-state index in [1.807, 2.05) is 48.5 Å². The second-order valence-electron chi connectivity index (χ2n) is 4.98. The second-order valence-corrected chi connectivity index (χ2v) is 4.98. The molecule has 0 saturated heterocycles. The highest BCUT2D eigenvalue weighted by molar-refractivity contribution is 5.92. The molecule has 0 radical (unpaired) electrons. The molecule has 116 valence electrons. The molecule has 0 bridgehead atoms. The number of hydrogen-bond donors (Lipinski definition) is 0. The number of carbonyl (C=O) groups excluding carboxylic acids is 1. The van der Waals surface area contributed by atoms with Crippen molar-refractivity contribution in [2.45, 2.75) is 12.8 Å². The van der Waals surface area contributed by atoms with Crippen LogP contribution in [0.2, 0.25) is 0 Å². The first-order valence-corrected chi connectivity index (χ1v) is 7.18. The lowest BCUT2D eigenvalue weighted by Crippen LogP contribution is -2.26. The van der Waals surface area contributed by atoms with Crippen LogP contribution >= 0.6 is 0 Å². The normalized spacial score (nSPS) is 10.1. The minimum absolute atomic E-state index is 0.0842. The van der Waals surface area contributed by atoms with Crippen molar-refractivity contribution in [1.29, 1.82) is 0 Å². The van der Waals surface area contributed by atoms with Crippen LogP contribution in [-0.2, 0) is 11.2 Å². The van der Waals surface area contributed by atoms with E-state index in [-0.39, 0.29) is 5.91 Å². The SMILES string of the molecule is COc1ccc(CCC(=O)N(C)c2ccccc2)cc1OC. The molecule has 4 nitrogen and oxygen atoms in total. The van der Waals surface area contributed by atoms with Crippen molar-refractivity contribution in [1.82, 2.24) is 0 Å². The maximum absolute atomic E-state index is 12.3. The Bertz CT molecular complexity index is 625. The van der Waals surface area contributed by atoms with Gasteiger partial charge in [0, 0.05) is 19.2 Å². The summed E-state index contributed by atoms with van der Waals surface area (Å²) in [6.07, 6.45) is 1.11. The van der Waals surface area contributed by atoms with Crippen molar-refractivity contribution in [3.05, 3.63) is 54.1 Å². The first-order valence-electron chi connectivity index (χ1n) is 7.18. The molecule has 0 spiro atoms. The van der Waals surface area contributed by atoms with Crippen LogP contribution in [0.3, 0.4) is 0 Å². The van der Waals surface area contributed by atoms with Crippen molar-refractivity contribution in [2.24, 2.45) is 0 Å². The Morgan fingerprint density at radius 2 is 1.68 bits per heavy atom. The van der Waals surface area contributed by atoms with Gasteiger partial charge in [-0.3, -0.25) is 4.79 Å². The van der Waals surface area contributed by atoms with Gasteiger partial charge < -0.3 is 14.4 Å². The molecule has 22 heavy (non-hydrogen) atoms. The topological polar surface area (TPSA) is 38.8 Å². The number of anilines is 1. The summed E-state index contributed by atoms with van der Waals surface area (Å²) >= 11 is 0. The predicted molar refractivity (Wildman–Crippen MR) is 87.7 cm³/mol. The number of rotatable bonds is 6. The first kappa shape index (κ1) is 15.9. The number of hydrogen-bond acceptors (Lipinski definition) is 3. The van der Waals surface area contributed by atoms with Crippen molar-refractivity contribution >= 4 is 11.6 Å². The molecule has 0 N–H and O–H groups in total. The van der Waals surface area contributed by atoms with Gasteiger partial charge in [0.15, 0.2) is 11.5 Å². The molecule has 0 aromatic heterocycles. The van der Waals surface area contributed by atoms with E-state index >= 15 is 0 Å². The largest absolute Gasteiger partial charge is 0.493 e. The number of nitrogens with zero attached hydrogens (tertiary/aromatic N) is 1. The van der Waals surface area contributed by atoms with Crippen LogP contribution in [0.1, 0.15) is 12.0 Å². The van der Waals surface area contributed by atoms with E-state index in [1.54, 1.807) is 26.2 Å². The Labute approximate surface area is 131 Å². The molecule has 0 unspecified atom stereocenters. The molecule has 2 rings (SSSR count). The molecule has 0 aliphatic rings. The summed E-state index contributed by atoms with van der Waals surface area (Å²) in [5.74, 6) is 1.46. The molecule has 2 aromatic rings. The van der Waals surface area contributed by atoms with Crippen molar-refractivity contribution in [2.75, 3.05) is 26.2 Å². The number of para-hydroxylation sites is 1. The lowest BCUT2D eigenvalue weighted by molar-refractivity contribution is -0.118. The number of carbonyl (C=O) groups is 1. The van der Waals surface area contributed by atoms with Gasteiger partial charge in [-0.15, -0.1) is 0 Å². The van der Waals surface area contributed by atoms with Crippen LogP contribution in [0.5, 0.6) is 11.5 Å². The quantitative estimate of drug-likeness (QED) is 0.821. The molecule has 0 atom stereocenters. The maximum Gasteiger partial charge on any atom is 0.227 e. The van der Waals surface area contributed by atoms with E-state index < -0.39 is 0 Å². The Morgan fingerprint density at radius 1 is 1.00 bits per heavy atom. The van der Waals surface area contributed by atoms with Gasteiger partial charge in [-0.05, 0) is 36.2 Å². The smallest absolute Gasteiger partial charge is 0.227 e. The van der Waals surface area contributed by atoms with E-state index in [2.05, 4.69) is 0 Å². The molecule has 2 aromatic carbocycles. The molecule has 0 aliphatic heterocycles. The van der Waals surface area contributed by atoms with E-state index in [4.69, 9.17) is 9.47 Å². The van der Waals surface area contributed by atoms with Crippen LogP contribution in [0.4, 0.5) is 5.69 Å². The summed E-state index contributed by atoms with van der Waals surface area (Å²) in [5.41, 5.74) is 1.95. The summed E-state index contributed by atoms with van der Waals surface area (Å²) in [6, 6.07) is 15.4. The van der Waals surface area contributed by atoms with Crippen molar-refractivity contribution in [3.8, 4) is 11.5 Å². The van der Waals surface area contributed by atoms with Gasteiger partial charge in [-0.25, -0.2) is 0 Å². The fourth-order valence-corrected chi connectivity index (χ4v) is 2.25. The van der Waals surface area contributed by atoms with Gasteiger partial charge in [-0.2, -0.15) is 0 Å². The maximum atomic E-state index is 12.3. The van der Waals surface area contributed by atoms with Gasteiger partial charge in [0.2, 0.25) is 5.91 Å². The summed E-state index contributed by atoms with van der Waals surface area (Å²) in [7, 11) is 5.01. The van der Waals surface area contributed by atoms with Crippen LogP contribution in [0.25, 0.3) is 0 Å². The van der Waals surface area contributed by atoms with Gasteiger partial charge in [0.1, 0.15) is 0 Å². The predicted octanol–water partition coefficient (Wildman–Crippen LogP) is 3.30. The number of ether oxygens (including phenoxy) is 2. The van der Waals surface area contributed by atoms with E-state index in [9.17, 15) is 4.79 Å². The molecular formula is C18H21NO3. The summed E-state index contributed by atoms with van der Waals surface area (Å²) in [6.45, 7) is 0. The lowest BCUT2D eigenvalue weighted by Gasteiger charge is -2.17. The fourth-order valence-electron chi connectivity index (χ4n) is 2.25. The number of benzene rings is 2. The molecule has 4 heteroatoms. The Kier molecular flexibility index (Phi) is 5.42. The van der Waals surface area contributed by atoms with Crippen molar-refractivity contribution < 1.29 is 14.3 Å². The first-order chi connectivity index (χ1) is 10.7. The molecule has 0 fully saturated rings. The lowest BCUT2D eigenvalue weighted by atomic mass is 10.1. The Balaban J connectivity index is 1.99. The van der Waals surface area contributed by atoms with Crippen LogP contribution < -0.4 is 14.4 Å². The average Bonchev–Trinajstić information content (AvgIpc) is 2.59. The third-order valence-corrected chi connectivity index (χ3v) is 3.59. The van der Waals surface area contributed by atoms with Crippen LogP contribution in [-0.4, -0.2) is 27.2 Å². The highest BCUT2D eigenvalue weighted by Crippen LogP contribution is 2.28. The zero-order chi connectivity index (χ0) is 15.9. The van der Waals surface area contributed by atoms with Gasteiger partial charge in [-0.1, -0.05) is 24.3 Å². The number of methoxy groups -OCH3 is 2. The average molecular weight is 299 g/mol. The minimum atomic E-state index is 0.0842. The van der Waals surface area contributed by atoms with E-state index in [0.717, 1.165) is 11.3 Å². The second kappa shape index (κ2) is 7.50. The minimum Gasteiger partial charge on any atom is -0.493 e. The fraction of sp³-hybridized carbons (Fsp3) is 0.278. The van der Waals surface area contributed by atoms with Gasteiger partial charge in [0.25, 0.3) is 0 Å². The number of amides is 1. The third kappa shape index (κ3) is 3.79. The van der Waals surface area contributed by atoms with Crippen LogP contribution in [0.15, 0.2) is 48.5 Å². The molecule has 0 heterocycles. The summed E-state index contributed by atoms with van der Waals surface area (Å²) in [4.78, 5) is 13.9. The van der Waals surface area contributed by atoms with E-state index in [0.29, 0.717) is 24.3 Å². The summed E-state index contributed by atoms with van der Waals surface area (Å²) in [5, 5.41) is 0. The number of aryl methyl sites for hydroxylation is 1. The van der Waals surface area contributed by atoms with E-state index in [1.165, 1.54) is 0 Å². The van der Waals surface area contributed by atoms with Crippen LogP contribution in [0, 0.1) is 0 Å². The molecule has 0 aliphatic carbocycles. The molecule has 1 amide bonds. The highest BCUT2D eigenvalue weighted by atomic mass is 16.5. The Morgan fingerprint density at radius 3 is 2.32 bits per heavy atom. The highest BCUT2D eigenvalue weighted by Gasteiger charge is 2.11. The zero-order valence-corrected chi connectivity index (χ0v) is 13.2. The van der Waals surface area contributed by atoms with Gasteiger partial charge >= 0.3 is 0 Å². The Hall–Kier alpha value is -2.49. The summed E-state index contributed by atoms with van der Waals surface area (Å²) < 4.78 is 10.5. The molecule has 0 saturated carbocycles.